The van der Waals surface area contributed by atoms with E-state index in [1.807, 2.05) is 72.8 Å². The lowest BCUT2D eigenvalue weighted by molar-refractivity contribution is -0.145. The van der Waals surface area contributed by atoms with Gasteiger partial charge in [0.25, 0.3) is 0 Å². The lowest BCUT2D eigenvalue weighted by Gasteiger charge is -2.36. The van der Waals surface area contributed by atoms with E-state index in [-0.39, 0.29) is 77.0 Å². The predicted molar refractivity (Wildman–Crippen MR) is 438 cm³/mol. The maximum atomic E-state index is 15.6. The van der Waals surface area contributed by atoms with Crippen molar-refractivity contribution in [1.29, 1.82) is 0 Å². The Kier molecular flexibility index (Phi) is 28.1. The second-order valence-electron chi connectivity index (χ2n) is 33.0. The summed E-state index contributed by atoms with van der Waals surface area (Å²) < 4.78 is 44.7. The van der Waals surface area contributed by atoms with Crippen molar-refractivity contribution in [1.82, 2.24) is 81.7 Å². The summed E-state index contributed by atoms with van der Waals surface area (Å²) in [7, 11) is -1.31. The second kappa shape index (κ2) is 38.1. The zero-order chi connectivity index (χ0) is 85.8. The first kappa shape index (κ1) is 87.8. The molecule has 119 heavy (non-hydrogen) atoms. The largest absolute Gasteiger partial charge is 0.487 e. The number of nitrogens with one attached hydrogen (secondary N) is 8. The lowest BCUT2D eigenvalue weighted by Crippen LogP contribution is -2.60. The van der Waals surface area contributed by atoms with Crippen molar-refractivity contribution in [3.05, 3.63) is 179 Å². The summed E-state index contributed by atoms with van der Waals surface area (Å²) in [6.45, 7) is 13.2. The van der Waals surface area contributed by atoms with Crippen molar-refractivity contribution < 1.29 is 80.8 Å². The molecule has 2 saturated heterocycles. The number of ketones is 1. The molecule has 6 aromatic carbocycles. The zero-order valence-corrected chi connectivity index (χ0v) is 69.0. The molecule has 0 aliphatic carbocycles. The topological polar surface area (TPSA) is 445 Å². The SMILES string of the molecule is CN[C@@H](C)C(=O)N[C@H](C(=O)N1C[C@@H]2C[C@H]1C(=O)N[C@@H](Cc1ccc3ccccc3c1)C(=O)C[C@H](C(=O)NS(=O)(=O)CCCC(=O)O)Cc1ccc(cc1)OCc1cn(nn1)[C@H]1C[C@@H](C(=O)N[C@@H](Cc3ccc4ccccc4c3)C(=O)N[C@H](C(=O)O)Cc3ccc(cc3)OCc3cn2nn3)N(C(=O)[C@@H](NC(=O)[C@H](C)NC)C(C)(C)C)C1)C(C)(C)C. The van der Waals surface area contributed by atoms with Gasteiger partial charge in [-0.2, -0.15) is 0 Å². The van der Waals surface area contributed by atoms with Gasteiger partial charge in [0, 0.05) is 57.5 Å². The van der Waals surface area contributed by atoms with Gasteiger partial charge in [0.2, 0.25) is 57.3 Å². The normalized spacial score (nSPS) is 21.1. The first-order valence-corrected chi connectivity index (χ1v) is 41.3. The van der Waals surface area contributed by atoms with Crippen LogP contribution in [0.1, 0.15) is 133 Å². The number of likely N-dealkylation sites (tertiary alicyclic amines) is 2. The number of benzene rings is 6. The average Bonchev–Trinajstić information content (AvgIpc) is 1.02. The quantitative estimate of drug-likeness (QED) is 0.0528. The van der Waals surface area contributed by atoms with Gasteiger partial charge in [-0.1, -0.05) is 161 Å². The van der Waals surface area contributed by atoms with Crippen LogP contribution in [0.2, 0.25) is 0 Å². The Hall–Kier alpha value is -12.0. The molecule has 2 aromatic heterocycles. The molecule has 12 bridgehead atoms. The molecule has 14 rings (SSSR count). The van der Waals surface area contributed by atoms with Crippen LogP contribution in [0.4, 0.5) is 0 Å². The highest BCUT2D eigenvalue weighted by atomic mass is 32.2. The van der Waals surface area contributed by atoms with Crippen LogP contribution in [0.15, 0.2) is 146 Å². The Labute approximate surface area is 689 Å². The van der Waals surface area contributed by atoms with Crippen LogP contribution in [-0.2, 0) is 102 Å². The number of nitrogens with zero attached hydrogens (tertiary/aromatic N) is 8. The van der Waals surface area contributed by atoms with Crippen LogP contribution in [0, 0.1) is 16.7 Å². The van der Waals surface area contributed by atoms with Gasteiger partial charge in [0.05, 0.1) is 48.4 Å². The molecule has 0 unspecified atom stereocenters. The van der Waals surface area contributed by atoms with E-state index in [1.165, 1.54) is 19.2 Å². The molecule has 632 valence electrons. The molecule has 2 fully saturated rings. The maximum absolute atomic E-state index is 15.6. The van der Waals surface area contributed by atoms with Crippen LogP contribution < -0.4 is 51.4 Å². The Bertz CT molecular complexity index is 5180. The number of hydrogen-bond acceptors (Lipinski definition) is 21. The van der Waals surface area contributed by atoms with Gasteiger partial charge in [-0.25, -0.2) is 22.6 Å². The highest BCUT2D eigenvalue weighted by Gasteiger charge is 2.49. The van der Waals surface area contributed by atoms with Crippen molar-refractivity contribution in [2.75, 3.05) is 32.9 Å². The van der Waals surface area contributed by atoms with Gasteiger partial charge in [-0.3, -0.25) is 52.7 Å². The summed E-state index contributed by atoms with van der Waals surface area (Å²) in [6, 6.07) is 26.4. The standard InChI is InChI=1S/C85H104N16O17S/c1-49(86-9)75(105)91-73(84(3,4)5)81(111)98-45-62-41-69(98)79(109)88-66(38-53-21-27-55-16-11-13-18-57(55)35-53)71(102)40-59(77(107)95-119(115,116)33-15-20-72(103)104)34-51-23-29-64(30-24-51)117-47-60-44-101(97-93-60)63-42-70(99(46-63)82(112)74(85(6,7)8)92-76(106)50(2)87-10)80(110)89-67(39-54-22-28-56-17-12-14-19-58(56)36-54)78(108)90-68(83(113)114)37-52-25-31-65(32-26-52)118-48-61-43-100(62)96-94-61/h11-14,16-19,21-32,35-36,43-44,49-50,59,62-63,66-70,73-74,86-87H,15,20,33-34,37-42,45-48H2,1-10H3,(H,88,109)(H,89,110)(H,90,108)(H,91,105)(H,92,106)(H,95,107)(H,103,104)(H,113,114)/t49-,50-,59+,62-,63-,66-,67-,68-,69-,70-,73+,74+/m0/s1. The van der Waals surface area contributed by atoms with Crippen molar-refractivity contribution in [2.45, 2.75) is 193 Å². The van der Waals surface area contributed by atoms with Gasteiger partial charge in [0.15, 0.2) is 5.78 Å². The molecule has 6 aliphatic heterocycles. The number of carboxylic acid groups (broad SMARTS) is 2. The molecule has 0 saturated carbocycles. The number of Topliss-reactive ketones (excluding diaryl/α,β-unsaturated/α-hetero) is 1. The summed E-state index contributed by atoms with van der Waals surface area (Å²) in [5, 5.41) is 61.3. The Morgan fingerprint density at radius 2 is 0.992 bits per heavy atom. The van der Waals surface area contributed by atoms with Crippen LogP contribution in [0.25, 0.3) is 21.5 Å². The number of fused-ring (bicyclic) bond motifs is 2. The molecular formula is C85H104N16O17S. The first-order valence-electron chi connectivity index (χ1n) is 39.7. The number of rotatable bonds is 19. The molecule has 6 aliphatic rings. The molecule has 0 spiro atoms. The van der Waals surface area contributed by atoms with E-state index in [0.717, 1.165) is 21.5 Å². The summed E-state index contributed by atoms with van der Waals surface area (Å²) in [5.41, 5.74) is 0.840. The fraction of sp³-hybridized carbons (Fsp3) is 0.447. The van der Waals surface area contributed by atoms with Crippen LogP contribution in [-0.4, -0.2) is 211 Å². The number of carbonyl (C=O) groups excluding carboxylic acids is 9. The molecule has 0 radical (unpaired) electrons. The summed E-state index contributed by atoms with van der Waals surface area (Å²) in [5.74, 6) is -10.6. The molecule has 10 N–H and O–H groups in total. The number of aliphatic carboxylic acids is 2. The lowest BCUT2D eigenvalue weighted by atomic mass is 9.85. The van der Waals surface area contributed by atoms with E-state index in [1.54, 1.807) is 143 Å². The number of sulfonamides is 1. The van der Waals surface area contributed by atoms with Gasteiger partial charge in [-0.15, -0.1) is 10.2 Å². The number of hydrogen-bond donors (Lipinski definition) is 10. The minimum atomic E-state index is -4.50. The van der Waals surface area contributed by atoms with Crippen LogP contribution in [0.3, 0.4) is 0 Å². The van der Waals surface area contributed by atoms with Gasteiger partial charge in [0.1, 0.15) is 72.4 Å². The van der Waals surface area contributed by atoms with E-state index in [4.69, 9.17) is 9.47 Å². The van der Waals surface area contributed by atoms with Crippen molar-refractivity contribution in [3.63, 3.8) is 0 Å². The predicted octanol–water partition coefficient (Wildman–Crippen LogP) is 4.61. The minimum absolute atomic E-state index is 0.0797. The number of carboxylic acids is 2. The molecule has 34 heteroatoms. The summed E-state index contributed by atoms with van der Waals surface area (Å²) in [6.07, 6.45) is 0.702. The van der Waals surface area contributed by atoms with E-state index in [2.05, 4.69) is 62.6 Å². The van der Waals surface area contributed by atoms with E-state index in [9.17, 15) is 47.4 Å². The van der Waals surface area contributed by atoms with Gasteiger partial charge < -0.3 is 66.7 Å². The summed E-state index contributed by atoms with van der Waals surface area (Å²) >= 11 is 0. The number of ether oxygens (including phenoxy) is 2. The van der Waals surface area contributed by atoms with E-state index >= 15 is 24.0 Å². The highest BCUT2D eigenvalue weighted by molar-refractivity contribution is 7.90. The molecule has 8 amide bonds. The minimum Gasteiger partial charge on any atom is -0.487 e. The Morgan fingerprint density at radius 1 is 0.555 bits per heavy atom. The Morgan fingerprint density at radius 3 is 1.43 bits per heavy atom. The zero-order valence-electron chi connectivity index (χ0n) is 68.2. The maximum Gasteiger partial charge on any atom is 0.326 e. The number of amides is 8. The second-order valence-corrected chi connectivity index (χ2v) is 34.9. The third-order valence-corrected chi connectivity index (χ3v) is 23.3. The van der Waals surface area contributed by atoms with Gasteiger partial charge in [-0.05, 0) is 126 Å². The number of aromatic nitrogens is 6. The highest BCUT2D eigenvalue weighted by Crippen LogP contribution is 2.35. The van der Waals surface area contributed by atoms with E-state index < -0.39 is 177 Å². The first-order chi connectivity index (χ1) is 56.5. The third kappa shape index (κ3) is 22.8. The smallest absolute Gasteiger partial charge is 0.326 e. The molecule has 8 heterocycles. The van der Waals surface area contributed by atoms with Crippen LogP contribution in [0.5, 0.6) is 11.5 Å². The fourth-order valence-corrected chi connectivity index (χ4v) is 15.9. The summed E-state index contributed by atoms with van der Waals surface area (Å²) in [4.78, 5) is 162. The third-order valence-electron chi connectivity index (χ3n) is 21.9. The molecular weight excluding hydrogens is 1550 g/mol. The van der Waals surface area contributed by atoms with Gasteiger partial charge >= 0.3 is 11.9 Å². The molecule has 12 atom stereocenters. The van der Waals surface area contributed by atoms with E-state index in [0.29, 0.717) is 39.4 Å². The van der Waals surface area contributed by atoms with Crippen molar-refractivity contribution in [2.24, 2.45) is 16.7 Å². The monoisotopic (exact) mass is 1650 g/mol. The number of carbonyl (C=O) groups is 11. The molecule has 8 aromatic rings. The number of likely N-dealkylation sites (N-methyl/N-ethyl adjacent to an activating group) is 2. The Balaban J connectivity index is 0.954. The van der Waals surface area contributed by atoms with Crippen molar-refractivity contribution in [3.8, 4) is 11.5 Å². The van der Waals surface area contributed by atoms with Crippen molar-refractivity contribution >= 4 is 96.5 Å². The van der Waals surface area contributed by atoms with Crippen LogP contribution >= 0.6 is 0 Å². The molecule has 33 nitrogen and oxygen atoms in total. The fourth-order valence-electron chi connectivity index (χ4n) is 14.8. The average molecular weight is 1650 g/mol.